The third-order valence-corrected chi connectivity index (χ3v) is 6.50. The fourth-order valence-corrected chi connectivity index (χ4v) is 4.09. The van der Waals surface area contributed by atoms with Gasteiger partial charge in [0, 0.05) is 23.8 Å². The van der Waals surface area contributed by atoms with Crippen molar-refractivity contribution in [2.45, 2.75) is 13.1 Å². The molecule has 0 fully saturated rings. The highest BCUT2D eigenvalue weighted by molar-refractivity contribution is 7.89. The predicted molar refractivity (Wildman–Crippen MR) is 110 cm³/mol. The van der Waals surface area contributed by atoms with Gasteiger partial charge in [-0.15, -0.1) is 0 Å². The monoisotopic (exact) mass is 469 g/mol. The molecule has 4 aromatic rings. The molecule has 12 heteroatoms. The largest absolute Gasteiger partial charge is 0.417 e. The molecule has 0 aliphatic heterocycles. The second-order valence-corrected chi connectivity index (χ2v) is 9.25. The number of hydrogen-bond acceptors (Lipinski definition) is 5. The smallest absolute Gasteiger partial charge is 0.310 e. The number of halogens is 4. The van der Waals surface area contributed by atoms with Crippen LogP contribution in [0.1, 0.15) is 12.5 Å². The van der Waals surface area contributed by atoms with Crippen molar-refractivity contribution >= 4 is 32.8 Å². The molecule has 162 valence electrons. The minimum Gasteiger partial charge on any atom is -0.310 e. The third kappa shape index (κ3) is 3.79. The van der Waals surface area contributed by atoms with E-state index in [0.717, 1.165) is 10.2 Å². The molecule has 0 aliphatic carbocycles. The lowest BCUT2D eigenvalue weighted by atomic mass is 10.1. The van der Waals surface area contributed by atoms with Gasteiger partial charge in [0.05, 0.1) is 17.0 Å². The molecule has 0 saturated carbocycles. The number of hydrogen-bond donors (Lipinski definition) is 0. The maximum atomic E-state index is 13.1. The van der Waals surface area contributed by atoms with E-state index in [4.69, 9.17) is 11.6 Å². The van der Waals surface area contributed by atoms with Crippen LogP contribution in [0, 0.1) is 0 Å². The normalized spacial score (nSPS) is 12.6. The molecule has 4 rings (SSSR count). The number of nitrogens with zero attached hydrogens (tertiary/aromatic N) is 5. The summed E-state index contributed by atoms with van der Waals surface area (Å²) in [6.45, 7) is 1.47. The summed E-state index contributed by atoms with van der Waals surface area (Å²) in [5.41, 5.74) is 0.299. The van der Waals surface area contributed by atoms with Crippen molar-refractivity contribution in [2.75, 3.05) is 5.75 Å². The fraction of sp³-hybridized carbons (Fsp3) is 0.211. The van der Waals surface area contributed by atoms with Gasteiger partial charge in [0.15, 0.2) is 11.5 Å². The summed E-state index contributed by atoms with van der Waals surface area (Å²) in [5.74, 6) is -0.117. The van der Waals surface area contributed by atoms with Crippen molar-refractivity contribution in [2.24, 2.45) is 7.05 Å². The summed E-state index contributed by atoms with van der Waals surface area (Å²) in [6, 6.07) is 9.04. The van der Waals surface area contributed by atoms with E-state index in [1.165, 1.54) is 17.6 Å². The Labute approximate surface area is 180 Å². The highest BCUT2D eigenvalue weighted by atomic mass is 35.5. The van der Waals surface area contributed by atoms with Crippen molar-refractivity contribution in [3.05, 3.63) is 53.2 Å². The van der Waals surface area contributed by atoms with Crippen LogP contribution in [-0.2, 0) is 23.2 Å². The lowest BCUT2D eigenvalue weighted by Crippen LogP contribution is -2.18. The Kier molecular flexibility index (Phi) is 5.05. The minimum absolute atomic E-state index is 0.0120. The van der Waals surface area contributed by atoms with Crippen molar-refractivity contribution in [1.82, 2.24) is 23.7 Å². The Bertz CT molecular complexity index is 1390. The molecule has 0 atom stereocenters. The number of pyridine rings is 1. The molecule has 0 aliphatic rings. The van der Waals surface area contributed by atoms with Gasteiger partial charge in [-0.1, -0.05) is 23.7 Å². The van der Waals surface area contributed by atoms with Crippen LogP contribution in [0.5, 0.6) is 0 Å². The van der Waals surface area contributed by atoms with E-state index < -0.39 is 21.8 Å². The van der Waals surface area contributed by atoms with E-state index in [1.54, 1.807) is 31.3 Å². The number of aryl methyl sites for hydroxylation is 1. The average Bonchev–Trinajstić information content (AvgIpc) is 3.30. The van der Waals surface area contributed by atoms with E-state index in [0.29, 0.717) is 22.5 Å². The Hall–Kier alpha value is -2.92. The zero-order valence-corrected chi connectivity index (χ0v) is 17.8. The molecule has 0 amide bonds. The highest BCUT2D eigenvalue weighted by Crippen LogP contribution is 2.33. The Morgan fingerprint density at radius 1 is 1.13 bits per heavy atom. The van der Waals surface area contributed by atoms with E-state index in [9.17, 15) is 21.6 Å². The first-order valence-electron chi connectivity index (χ1n) is 9.00. The minimum atomic E-state index is -4.58. The molecule has 0 saturated heterocycles. The second kappa shape index (κ2) is 7.34. The van der Waals surface area contributed by atoms with Gasteiger partial charge in [0.1, 0.15) is 11.2 Å². The van der Waals surface area contributed by atoms with Crippen LogP contribution < -0.4 is 0 Å². The molecule has 0 unspecified atom stereocenters. The summed E-state index contributed by atoms with van der Waals surface area (Å²) < 4.78 is 66.8. The van der Waals surface area contributed by atoms with Gasteiger partial charge in [-0.2, -0.15) is 22.4 Å². The molecule has 7 nitrogen and oxygen atoms in total. The van der Waals surface area contributed by atoms with Gasteiger partial charge in [-0.25, -0.2) is 18.4 Å². The SMILES string of the molecule is CCS(=O)(=O)n1nc(-c2ccc(Cl)cc2)cc1-c1nc2cc(C(F)(F)F)cnc2n1C. The van der Waals surface area contributed by atoms with Crippen LogP contribution in [0.15, 0.2) is 42.6 Å². The van der Waals surface area contributed by atoms with Gasteiger partial charge < -0.3 is 4.57 Å². The van der Waals surface area contributed by atoms with Gasteiger partial charge in [-0.3, -0.25) is 0 Å². The first-order valence-corrected chi connectivity index (χ1v) is 11.0. The molecule has 0 N–H and O–H groups in total. The maximum Gasteiger partial charge on any atom is 0.417 e. The quantitative estimate of drug-likeness (QED) is 0.443. The number of fused-ring (bicyclic) bond motifs is 1. The van der Waals surface area contributed by atoms with E-state index in [2.05, 4.69) is 15.1 Å². The molecule has 3 heterocycles. The average molecular weight is 470 g/mol. The molecular formula is C19H15ClF3N5O2S. The van der Waals surface area contributed by atoms with Gasteiger partial charge in [0.2, 0.25) is 0 Å². The topological polar surface area (TPSA) is 82.7 Å². The predicted octanol–water partition coefficient (Wildman–Crippen LogP) is 4.37. The molecular weight excluding hydrogens is 455 g/mol. The number of aromatic nitrogens is 5. The highest BCUT2D eigenvalue weighted by Gasteiger charge is 2.32. The molecule has 0 spiro atoms. The number of rotatable bonds is 4. The summed E-state index contributed by atoms with van der Waals surface area (Å²) in [4.78, 5) is 8.11. The number of imidazole rings is 1. The van der Waals surface area contributed by atoms with Crippen LogP contribution in [0.2, 0.25) is 5.02 Å². The zero-order chi connectivity index (χ0) is 22.6. The van der Waals surface area contributed by atoms with Crippen molar-refractivity contribution in [3.8, 4) is 22.8 Å². The number of benzene rings is 1. The molecule has 0 bridgehead atoms. The summed E-state index contributed by atoms with van der Waals surface area (Å²) in [5, 5.41) is 4.73. The van der Waals surface area contributed by atoms with Crippen LogP contribution in [0.4, 0.5) is 13.2 Å². The lowest BCUT2D eigenvalue weighted by Gasteiger charge is -2.07. The van der Waals surface area contributed by atoms with E-state index in [1.807, 2.05) is 0 Å². The first-order chi connectivity index (χ1) is 14.5. The standard InChI is InChI=1S/C19H15ClF3N5O2S/c1-3-31(29,30)28-16(9-14(26-28)11-4-6-13(20)7-5-11)18-25-15-8-12(19(21,22)23)10-24-17(15)27(18)2/h4-10H,3H2,1-2H3. The Balaban J connectivity index is 1.95. The molecule has 3 aromatic heterocycles. The van der Waals surface area contributed by atoms with Gasteiger partial charge in [0.25, 0.3) is 10.0 Å². The third-order valence-electron chi connectivity index (χ3n) is 4.71. The summed E-state index contributed by atoms with van der Waals surface area (Å²) in [7, 11) is -2.29. The number of alkyl halides is 3. The van der Waals surface area contributed by atoms with Crippen molar-refractivity contribution in [1.29, 1.82) is 0 Å². The van der Waals surface area contributed by atoms with Crippen molar-refractivity contribution in [3.63, 3.8) is 0 Å². The maximum absolute atomic E-state index is 13.1. The summed E-state index contributed by atoms with van der Waals surface area (Å²) >= 11 is 5.92. The van der Waals surface area contributed by atoms with Crippen LogP contribution in [-0.4, -0.2) is 37.9 Å². The van der Waals surface area contributed by atoms with E-state index >= 15 is 0 Å². The Morgan fingerprint density at radius 2 is 1.81 bits per heavy atom. The molecule has 1 aromatic carbocycles. The fourth-order valence-electron chi connectivity index (χ4n) is 3.07. The van der Waals surface area contributed by atoms with E-state index in [-0.39, 0.29) is 28.4 Å². The zero-order valence-electron chi connectivity index (χ0n) is 16.2. The van der Waals surface area contributed by atoms with Gasteiger partial charge in [-0.05, 0) is 31.2 Å². The molecule has 0 radical (unpaired) electrons. The van der Waals surface area contributed by atoms with Gasteiger partial charge >= 0.3 is 6.18 Å². The van der Waals surface area contributed by atoms with Crippen molar-refractivity contribution < 1.29 is 21.6 Å². The first kappa shape index (κ1) is 21.3. The Morgan fingerprint density at radius 3 is 2.42 bits per heavy atom. The summed E-state index contributed by atoms with van der Waals surface area (Å²) in [6.07, 6.45) is -3.86. The van der Waals surface area contributed by atoms with Crippen LogP contribution in [0.25, 0.3) is 33.9 Å². The lowest BCUT2D eigenvalue weighted by molar-refractivity contribution is -0.137. The second-order valence-electron chi connectivity index (χ2n) is 6.72. The van der Waals surface area contributed by atoms with Crippen LogP contribution in [0.3, 0.4) is 0 Å². The molecule has 31 heavy (non-hydrogen) atoms. The van der Waals surface area contributed by atoms with Crippen LogP contribution >= 0.6 is 11.6 Å².